The maximum atomic E-state index is 12.7. The predicted octanol–water partition coefficient (Wildman–Crippen LogP) is 4.70. The van der Waals surface area contributed by atoms with Gasteiger partial charge >= 0.3 is 0 Å². The lowest BCUT2D eigenvalue weighted by atomic mass is 9.81. The van der Waals surface area contributed by atoms with Gasteiger partial charge in [-0.15, -0.1) is 0 Å². The zero-order chi connectivity index (χ0) is 22.8. The molecule has 5 rings (SSSR count). The van der Waals surface area contributed by atoms with Gasteiger partial charge in [-0.2, -0.15) is 0 Å². The minimum atomic E-state index is 0.0130. The Bertz CT molecular complexity index is 1350. The number of carbonyl (C=O) groups excluding carboxylic acids is 1. The maximum absolute atomic E-state index is 12.7. The van der Waals surface area contributed by atoms with Crippen LogP contribution in [0.3, 0.4) is 0 Å². The average molecular weight is 463 g/mol. The smallest absolute Gasteiger partial charge is 0.261 e. The lowest BCUT2D eigenvalue weighted by molar-refractivity contribution is -0.126. The number of nitrogens with one attached hydrogen (secondary N) is 2. The molecule has 170 valence electrons. The lowest BCUT2D eigenvalue weighted by Crippen LogP contribution is -2.35. The van der Waals surface area contributed by atoms with E-state index >= 15 is 0 Å². The first-order valence-electron chi connectivity index (χ1n) is 11.6. The van der Waals surface area contributed by atoms with Crippen LogP contribution in [0, 0.1) is 11.8 Å². The summed E-state index contributed by atoms with van der Waals surface area (Å²) in [6.45, 7) is 1.27. The van der Waals surface area contributed by atoms with Gasteiger partial charge in [-0.1, -0.05) is 23.7 Å². The van der Waals surface area contributed by atoms with Crippen LogP contribution < -0.4 is 10.9 Å². The Morgan fingerprint density at radius 2 is 1.94 bits per heavy atom. The third kappa shape index (κ3) is 4.67. The molecule has 0 atom stereocenters. The van der Waals surface area contributed by atoms with Crippen molar-refractivity contribution in [2.45, 2.75) is 38.6 Å². The molecule has 1 amide bonds. The summed E-state index contributed by atoms with van der Waals surface area (Å²) in [7, 11) is 0. The number of halogens is 1. The largest absolute Gasteiger partial charge is 0.361 e. The van der Waals surface area contributed by atoms with Crippen LogP contribution >= 0.6 is 11.6 Å². The van der Waals surface area contributed by atoms with Gasteiger partial charge in [0.1, 0.15) is 0 Å². The number of carbonyl (C=O) groups is 1. The highest BCUT2D eigenvalue weighted by atomic mass is 35.5. The lowest BCUT2D eigenvalue weighted by Gasteiger charge is -2.28. The first kappa shape index (κ1) is 21.7. The van der Waals surface area contributed by atoms with Crippen LogP contribution in [0.4, 0.5) is 0 Å². The fourth-order valence-electron chi connectivity index (χ4n) is 4.94. The SMILES string of the molecule is O=C(NCCc1c[nH]c2ccc(Cl)cc12)C1CCC(Cn2cnc3ccccc3c2=O)CC1. The van der Waals surface area contributed by atoms with Crippen molar-refractivity contribution >= 4 is 39.3 Å². The van der Waals surface area contributed by atoms with E-state index in [0.717, 1.165) is 54.1 Å². The number of fused-ring (bicyclic) bond motifs is 2. The van der Waals surface area contributed by atoms with Crippen LogP contribution in [0.1, 0.15) is 31.2 Å². The molecule has 0 bridgehead atoms. The second kappa shape index (κ2) is 9.40. The zero-order valence-electron chi connectivity index (χ0n) is 18.4. The number of nitrogens with zero attached hydrogens (tertiary/aromatic N) is 2. The minimum Gasteiger partial charge on any atom is -0.361 e. The Kier molecular flexibility index (Phi) is 6.18. The molecule has 0 spiro atoms. The molecule has 0 unspecified atom stereocenters. The quantitative estimate of drug-likeness (QED) is 0.436. The molecular formula is C26H27ClN4O2. The summed E-state index contributed by atoms with van der Waals surface area (Å²) in [5.41, 5.74) is 2.96. The number of rotatable bonds is 6. The summed E-state index contributed by atoms with van der Waals surface area (Å²) in [6, 6.07) is 13.2. The summed E-state index contributed by atoms with van der Waals surface area (Å²) >= 11 is 6.12. The summed E-state index contributed by atoms with van der Waals surface area (Å²) in [6.07, 6.45) is 8.00. The van der Waals surface area contributed by atoms with E-state index < -0.39 is 0 Å². The molecular weight excluding hydrogens is 436 g/mol. The van der Waals surface area contributed by atoms with Gasteiger partial charge in [-0.05, 0) is 73.9 Å². The fourth-order valence-corrected chi connectivity index (χ4v) is 5.12. The van der Waals surface area contributed by atoms with Crippen LogP contribution in [0.25, 0.3) is 21.8 Å². The van der Waals surface area contributed by atoms with Crippen molar-refractivity contribution in [3.05, 3.63) is 75.9 Å². The van der Waals surface area contributed by atoms with Crippen molar-refractivity contribution < 1.29 is 4.79 Å². The molecule has 1 aliphatic rings. The van der Waals surface area contributed by atoms with Gasteiger partial charge in [0.15, 0.2) is 0 Å². The number of amides is 1. The molecule has 33 heavy (non-hydrogen) atoms. The van der Waals surface area contributed by atoms with Crippen molar-refractivity contribution in [2.24, 2.45) is 11.8 Å². The number of hydrogen-bond acceptors (Lipinski definition) is 3. The highest BCUT2D eigenvalue weighted by molar-refractivity contribution is 6.31. The van der Waals surface area contributed by atoms with E-state index in [-0.39, 0.29) is 17.4 Å². The van der Waals surface area contributed by atoms with E-state index in [1.807, 2.05) is 48.7 Å². The van der Waals surface area contributed by atoms with Crippen molar-refractivity contribution in [1.29, 1.82) is 0 Å². The highest BCUT2D eigenvalue weighted by Crippen LogP contribution is 2.30. The van der Waals surface area contributed by atoms with Gasteiger partial charge in [-0.3, -0.25) is 14.2 Å². The van der Waals surface area contributed by atoms with Gasteiger partial charge < -0.3 is 10.3 Å². The van der Waals surface area contributed by atoms with Crippen LogP contribution in [-0.4, -0.2) is 27.0 Å². The van der Waals surface area contributed by atoms with Crippen LogP contribution in [-0.2, 0) is 17.8 Å². The molecule has 6 nitrogen and oxygen atoms in total. The molecule has 1 saturated carbocycles. The van der Waals surface area contributed by atoms with Crippen LogP contribution in [0.15, 0.2) is 59.8 Å². The summed E-state index contributed by atoms with van der Waals surface area (Å²) in [4.78, 5) is 33.1. The molecule has 2 heterocycles. The van der Waals surface area contributed by atoms with Crippen LogP contribution in [0.5, 0.6) is 0 Å². The number of hydrogen-bond donors (Lipinski definition) is 2. The van der Waals surface area contributed by atoms with Gasteiger partial charge in [0, 0.05) is 41.1 Å². The molecule has 0 aliphatic heterocycles. The molecule has 4 aromatic rings. The first-order valence-corrected chi connectivity index (χ1v) is 11.9. The third-order valence-corrected chi connectivity index (χ3v) is 7.06. The number of para-hydroxylation sites is 1. The van der Waals surface area contributed by atoms with E-state index in [4.69, 9.17) is 11.6 Å². The molecule has 2 aromatic heterocycles. The number of aromatic nitrogens is 3. The second-order valence-electron chi connectivity index (χ2n) is 8.98. The Morgan fingerprint density at radius 3 is 2.79 bits per heavy atom. The van der Waals surface area contributed by atoms with Crippen molar-refractivity contribution in [2.75, 3.05) is 6.54 Å². The van der Waals surface area contributed by atoms with Crippen LogP contribution in [0.2, 0.25) is 5.02 Å². The Hall–Kier alpha value is -3.12. The zero-order valence-corrected chi connectivity index (χ0v) is 19.1. The Morgan fingerprint density at radius 1 is 1.12 bits per heavy atom. The van der Waals surface area contributed by atoms with Gasteiger partial charge in [0.2, 0.25) is 5.91 Å². The maximum Gasteiger partial charge on any atom is 0.261 e. The second-order valence-corrected chi connectivity index (χ2v) is 9.42. The topological polar surface area (TPSA) is 79.8 Å². The number of H-pyrrole nitrogens is 1. The fraction of sp³-hybridized carbons (Fsp3) is 0.346. The van der Waals surface area contributed by atoms with Gasteiger partial charge in [0.25, 0.3) is 5.56 Å². The van der Waals surface area contributed by atoms with E-state index in [9.17, 15) is 9.59 Å². The minimum absolute atomic E-state index is 0.0130. The Balaban J connectivity index is 1.12. The normalized spacial score (nSPS) is 18.6. The molecule has 1 fully saturated rings. The number of benzene rings is 2. The predicted molar refractivity (Wildman–Crippen MR) is 131 cm³/mol. The summed E-state index contributed by atoms with van der Waals surface area (Å²) in [5, 5.41) is 5.59. The molecule has 2 aromatic carbocycles. The van der Waals surface area contributed by atoms with Gasteiger partial charge in [0.05, 0.1) is 17.2 Å². The van der Waals surface area contributed by atoms with E-state index in [1.54, 1.807) is 10.9 Å². The summed E-state index contributed by atoms with van der Waals surface area (Å²) in [5.74, 6) is 0.576. The molecule has 0 radical (unpaired) electrons. The molecule has 2 N–H and O–H groups in total. The standard InChI is InChI=1S/C26H27ClN4O2/c27-20-9-10-24-22(13-20)19(14-29-24)11-12-28-25(32)18-7-5-17(6-8-18)15-31-16-30-23-4-2-1-3-21(23)26(31)33/h1-4,9-10,13-14,16-18,29H,5-8,11-12,15H2,(H,28,32). The average Bonchev–Trinajstić information content (AvgIpc) is 3.23. The highest BCUT2D eigenvalue weighted by Gasteiger charge is 2.26. The molecule has 0 saturated heterocycles. The first-order chi connectivity index (χ1) is 16.1. The molecule has 7 heteroatoms. The number of aromatic amines is 1. The van der Waals surface area contributed by atoms with Gasteiger partial charge in [-0.25, -0.2) is 4.98 Å². The van der Waals surface area contributed by atoms with E-state index in [1.165, 1.54) is 0 Å². The third-order valence-electron chi connectivity index (χ3n) is 6.83. The van der Waals surface area contributed by atoms with Crippen molar-refractivity contribution in [1.82, 2.24) is 19.9 Å². The Labute approximate surface area is 197 Å². The van der Waals surface area contributed by atoms with Crippen molar-refractivity contribution in [3.63, 3.8) is 0 Å². The monoisotopic (exact) mass is 462 g/mol. The van der Waals surface area contributed by atoms with Crippen molar-refractivity contribution in [3.8, 4) is 0 Å². The van der Waals surface area contributed by atoms with E-state index in [2.05, 4.69) is 15.3 Å². The molecule has 1 aliphatic carbocycles. The summed E-state index contributed by atoms with van der Waals surface area (Å²) < 4.78 is 1.72. The van der Waals surface area contributed by atoms with E-state index in [0.29, 0.717) is 29.4 Å².